The van der Waals surface area contributed by atoms with Gasteiger partial charge in [0.1, 0.15) is 5.82 Å². The highest BCUT2D eigenvalue weighted by molar-refractivity contribution is 7.91. The summed E-state index contributed by atoms with van der Waals surface area (Å²) in [5, 5.41) is 2.43. The number of hydrogen-bond donors (Lipinski definition) is 1. The molecule has 0 saturated carbocycles. The van der Waals surface area contributed by atoms with E-state index in [0.29, 0.717) is 6.07 Å². The Morgan fingerprint density at radius 2 is 2.00 bits per heavy atom. The van der Waals surface area contributed by atoms with Gasteiger partial charge >= 0.3 is 0 Å². The van der Waals surface area contributed by atoms with E-state index in [1.165, 1.54) is 6.92 Å². The highest BCUT2D eigenvalue weighted by Gasteiger charge is 2.11. The molecule has 0 aliphatic carbocycles. The van der Waals surface area contributed by atoms with Gasteiger partial charge in [-0.3, -0.25) is 0 Å². The van der Waals surface area contributed by atoms with Crippen LogP contribution in [0.25, 0.3) is 0 Å². The molecule has 1 aromatic carbocycles. The Balaban J connectivity index is 2.71. The summed E-state index contributed by atoms with van der Waals surface area (Å²) in [7, 11) is -3.13. The lowest BCUT2D eigenvalue weighted by atomic mass is 10.3. The minimum Gasteiger partial charge on any atom is -0.380 e. The molecule has 0 amide bonds. The first-order valence-electron chi connectivity index (χ1n) is 4.94. The Labute approximate surface area is 104 Å². The van der Waals surface area contributed by atoms with Crippen LogP contribution in [-0.2, 0) is 9.84 Å². The van der Waals surface area contributed by atoms with Gasteiger partial charge in [0, 0.05) is 18.4 Å². The van der Waals surface area contributed by atoms with Crippen molar-refractivity contribution in [1.29, 1.82) is 0 Å². The Morgan fingerprint density at radius 1 is 1.35 bits per heavy atom. The molecule has 1 N–H and O–H groups in total. The number of rotatable bonds is 5. The third-order valence-corrected chi connectivity index (χ3v) is 4.17. The van der Waals surface area contributed by atoms with Crippen molar-refractivity contribution in [3.8, 4) is 0 Å². The van der Waals surface area contributed by atoms with Crippen LogP contribution in [0.3, 0.4) is 0 Å². The van der Waals surface area contributed by atoms with Crippen molar-refractivity contribution in [3.63, 3.8) is 0 Å². The first-order chi connectivity index (χ1) is 7.85. The molecule has 1 aromatic rings. The smallest absolute Gasteiger partial charge is 0.151 e. The lowest BCUT2D eigenvalue weighted by molar-refractivity contribution is 0.584. The van der Waals surface area contributed by atoms with Crippen LogP contribution in [-0.4, -0.2) is 26.5 Å². The molecule has 1 rings (SSSR count). The van der Waals surface area contributed by atoms with Crippen LogP contribution in [0.1, 0.15) is 6.92 Å². The molecule has 3 nitrogen and oxygen atoms in total. The van der Waals surface area contributed by atoms with Crippen molar-refractivity contribution >= 4 is 27.1 Å². The summed E-state index contributed by atoms with van der Waals surface area (Å²) in [5.41, 5.74) is -0.0839. The molecule has 0 unspecified atom stereocenters. The zero-order valence-electron chi connectivity index (χ0n) is 9.13. The molecule has 0 saturated heterocycles. The van der Waals surface area contributed by atoms with Gasteiger partial charge in [0.2, 0.25) is 0 Å². The summed E-state index contributed by atoms with van der Waals surface area (Å²) in [6.07, 6.45) is 0. The normalized spacial score (nSPS) is 11.5. The van der Waals surface area contributed by atoms with E-state index in [-0.39, 0.29) is 28.8 Å². The molecule has 0 aliphatic rings. The van der Waals surface area contributed by atoms with Crippen LogP contribution in [0.5, 0.6) is 0 Å². The summed E-state index contributed by atoms with van der Waals surface area (Å²) >= 11 is 5.63. The van der Waals surface area contributed by atoms with Gasteiger partial charge in [0.25, 0.3) is 0 Å². The third kappa shape index (κ3) is 4.12. The summed E-state index contributed by atoms with van der Waals surface area (Å²) in [5.74, 6) is -1.73. The predicted molar refractivity (Wildman–Crippen MR) is 64.2 cm³/mol. The molecule has 0 aromatic heterocycles. The maximum Gasteiger partial charge on any atom is 0.151 e. The highest BCUT2D eigenvalue weighted by Crippen LogP contribution is 2.26. The number of sulfone groups is 1. The standard InChI is InChI=1S/C10H12ClF2NO2S/c1-2-17(15,16)4-3-14-10-8(11)5-7(12)6-9(10)13/h5-6,14H,2-4H2,1H3. The molecule has 0 fully saturated rings. The van der Waals surface area contributed by atoms with Crippen LogP contribution in [0, 0.1) is 11.6 Å². The monoisotopic (exact) mass is 283 g/mol. The molecule has 0 radical (unpaired) electrons. The third-order valence-electron chi connectivity index (χ3n) is 2.16. The second-order valence-electron chi connectivity index (χ2n) is 3.41. The van der Waals surface area contributed by atoms with Gasteiger partial charge in [0.15, 0.2) is 15.7 Å². The molecule has 17 heavy (non-hydrogen) atoms. The van der Waals surface area contributed by atoms with E-state index in [4.69, 9.17) is 11.6 Å². The molecule has 0 atom stereocenters. The van der Waals surface area contributed by atoms with Crippen molar-refractivity contribution < 1.29 is 17.2 Å². The second kappa shape index (κ2) is 5.64. The fourth-order valence-electron chi connectivity index (χ4n) is 1.19. The minimum atomic E-state index is -3.13. The van der Waals surface area contributed by atoms with Gasteiger partial charge in [-0.1, -0.05) is 18.5 Å². The fraction of sp³-hybridized carbons (Fsp3) is 0.400. The lowest BCUT2D eigenvalue weighted by Crippen LogP contribution is -2.17. The average molecular weight is 284 g/mol. The molecule has 0 spiro atoms. The highest BCUT2D eigenvalue weighted by atomic mass is 35.5. The molecule has 0 aliphatic heterocycles. The van der Waals surface area contributed by atoms with Gasteiger partial charge in [-0.2, -0.15) is 0 Å². The molecule has 7 heteroatoms. The Kier molecular flexibility index (Phi) is 4.70. The maximum atomic E-state index is 13.3. The molecule has 96 valence electrons. The zero-order valence-corrected chi connectivity index (χ0v) is 10.7. The Hall–Kier alpha value is -0.880. The molecule has 0 heterocycles. The van der Waals surface area contributed by atoms with Crippen LogP contribution in [0.15, 0.2) is 12.1 Å². The lowest BCUT2D eigenvalue weighted by Gasteiger charge is -2.09. The van der Waals surface area contributed by atoms with E-state index >= 15 is 0 Å². The van der Waals surface area contributed by atoms with Gasteiger partial charge in [-0.15, -0.1) is 0 Å². The van der Waals surface area contributed by atoms with Crippen LogP contribution in [0.4, 0.5) is 14.5 Å². The number of benzene rings is 1. The Morgan fingerprint density at radius 3 is 2.53 bits per heavy atom. The SMILES string of the molecule is CCS(=O)(=O)CCNc1c(F)cc(F)cc1Cl. The molecular formula is C10H12ClF2NO2S. The van der Waals surface area contributed by atoms with Crippen LogP contribution in [0.2, 0.25) is 5.02 Å². The quantitative estimate of drug-likeness (QED) is 0.903. The van der Waals surface area contributed by atoms with Gasteiger partial charge in [0.05, 0.1) is 16.5 Å². The van der Waals surface area contributed by atoms with E-state index in [9.17, 15) is 17.2 Å². The predicted octanol–water partition coefficient (Wildman–Crippen LogP) is 2.46. The van der Waals surface area contributed by atoms with Crippen molar-refractivity contribution in [1.82, 2.24) is 0 Å². The van der Waals surface area contributed by atoms with E-state index in [1.807, 2.05) is 0 Å². The summed E-state index contributed by atoms with van der Waals surface area (Å²) in [4.78, 5) is 0. The maximum absolute atomic E-state index is 13.3. The van der Waals surface area contributed by atoms with E-state index in [1.54, 1.807) is 0 Å². The molecular weight excluding hydrogens is 272 g/mol. The average Bonchev–Trinajstić information content (AvgIpc) is 2.22. The van der Waals surface area contributed by atoms with Crippen molar-refractivity contribution in [2.75, 3.05) is 23.4 Å². The van der Waals surface area contributed by atoms with Crippen LogP contribution < -0.4 is 5.32 Å². The van der Waals surface area contributed by atoms with Crippen molar-refractivity contribution in [3.05, 3.63) is 28.8 Å². The fourth-order valence-corrected chi connectivity index (χ4v) is 2.15. The number of halogens is 3. The van der Waals surface area contributed by atoms with Crippen molar-refractivity contribution in [2.45, 2.75) is 6.92 Å². The van der Waals surface area contributed by atoms with E-state index < -0.39 is 21.5 Å². The first kappa shape index (κ1) is 14.2. The number of anilines is 1. The zero-order chi connectivity index (χ0) is 13.1. The van der Waals surface area contributed by atoms with E-state index in [2.05, 4.69) is 5.32 Å². The van der Waals surface area contributed by atoms with Crippen LogP contribution >= 0.6 is 11.6 Å². The van der Waals surface area contributed by atoms with Gasteiger partial charge in [-0.25, -0.2) is 17.2 Å². The molecule has 0 bridgehead atoms. The number of nitrogens with one attached hydrogen (secondary N) is 1. The van der Waals surface area contributed by atoms with E-state index in [0.717, 1.165) is 6.07 Å². The number of hydrogen-bond acceptors (Lipinski definition) is 3. The second-order valence-corrected chi connectivity index (χ2v) is 6.29. The first-order valence-corrected chi connectivity index (χ1v) is 7.14. The summed E-state index contributed by atoms with van der Waals surface area (Å²) < 4.78 is 48.4. The largest absolute Gasteiger partial charge is 0.380 e. The van der Waals surface area contributed by atoms with Crippen molar-refractivity contribution in [2.24, 2.45) is 0 Å². The van der Waals surface area contributed by atoms with Gasteiger partial charge < -0.3 is 5.32 Å². The topological polar surface area (TPSA) is 46.2 Å². The summed E-state index contributed by atoms with van der Waals surface area (Å²) in [6, 6.07) is 1.64. The van der Waals surface area contributed by atoms with Gasteiger partial charge in [-0.05, 0) is 6.07 Å². The summed E-state index contributed by atoms with van der Waals surface area (Å²) in [6.45, 7) is 1.55. The Bertz CT molecular complexity index is 482. The minimum absolute atomic E-state index is 0.0221.